The van der Waals surface area contributed by atoms with E-state index in [1.54, 1.807) is 18.9 Å². The highest BCUT2D eigenvalue weighted by molar-refractivity contribution is 7.80. The first-order valence-electron chi connectivity index (χ1n) is 7.40. The van der Waals surface area contributed by atoms with Gasteiger partial charge in [-0.15, -0.1) is 0 Å². The Labute approximate surface area is 141 Å². The Morgan fingerprint density at radius 2 is 1.87 bits per heavy atom. The minimum atomic E-state index is -0.573. The number of benzene rings is 1. The number of amides is 1. The number of carbonyl (C=O) groups is 2. The third-order valence-electron chi connectivity index (χ3n) is 3.87. The summed E-state index contributed by atoms with van der Waals surface area (Å²) in [5, 5.41) is 0.372. The van der Waals surface area contributed by atoms with Crippen molar-refractivity contribution in [3.8, 4) is 0 Å². The van der Waals surface area contributed by atoms with Crippen LogP contribution in [0, 0.1) is 0 Å². The summed E-state index contributed by atoms with van der Waals surface area (Å²) < 4.78 is 5.21. The standard InChI is InChI=1S/C17H20N2O3S/c1-5-22-16(21)14-11(2)18(4)17(23)19(12(3)20)15(14)13-9-7-6-8-10-13/h6-10,15H,5H2,1-4H3/t15-/m1/s1. The predicted octanol–water partition coefficient (Wildman–Crippen LogP) is 2.64. The Morgan fingerprint density at radius 3 is 2.39 bits per heavy atom. The molecule has 23 heavy (non-hydrogen) atoms. The van der Waals surface area contributed by atoms with Gasteiger partial charge < -0.3 is 9.64 Å². The van der Waals surface area contributed by atoms with Crippen molar-refractivity contribution in [2.24, 2.45) is 0 Å². The van der Waals surface area contributed by atoms with Crippen LogP contribution < -0.4 is 0 Å². The molecule has 0 bridgehead atoms. The zero-order chi connectivity index (χ0) is 17.1. The van der Waals surface area contributed by atoms with Crippen molar-refractivity contribution < 1.29 is 14.3 Å². The van der Waals surface area contributed by atoms with Crippen molar-refractivity contribution in [2.75, 3.05) is 13.7 Å². The van der Waals surface area contributed by atoms with Gasteiger partial charge in [0.25, 0.3) is 0 Å². The Balaban J connectivity index is 2.67. The van der Waals surface area contributed by atoms with Crippen LogP contribution in [0.15, 0.2) is 41.6 Å². The van der Waals surface area contributed by atoms with E-state index in [1.165, 1.54) is 11.8 Å². The normalized spacial score (nSPS) is 18.3. The summed E-state index contributed by atoms with van der Waals surface area (Å²) in [7, 11) is 1.74. The molecule has 122 valence electrons. The maximum Gasteiger partial charge on any atom is 0.338 e. The van der Waals surface area contributed by atoms with E-state index in [1.807, 2.05) is 37.3 Å². The molecule has 1 aliphatic rings. The Morgan fingerprint density at radius 1 is 1.26 bits per heavy atom. The number of allylic oxidation sites excluding steroid dienone is 1. The summed E-state index contributed by atoms with van der Waals surface area (Å²) in [6.45, 7) is 5.28. The smallest absolute Gasteiger partial charge is 0.338 e. The summed E-state index contributed by atoms with van der Waals surface area (Å²) in [4.78, 5) is 27.9. The molecule has 0 saturated carbocycles. The highest BCUT2D eigenvalue weighted by atomic mass is 32.1. The van der Waals surface area contributed by atoms with Gasteiger partial charge in [-0.05, 0) is 31.6 Å². The van der Waals surface area contributed by atoms with Gasteiger partial charge in [0.05, 0.1) is 18.2 Å². The van der Waals surface area contributed by atoms with Gasteiger partial charge in [0.15, 0.2) is 5.11 Å². The van der Waals surface area contributed by atoms with Gasteiger partial charge in [0, 0.05) is 19.7 Å². The van der Waals surface area contributed by atoms with Gasteiger partial charge in [-0.1, -0.05) is 30.3 Å². The first-order valence-corrected chi connectivity index (χ1v) is 7.81. The number of nitrogens with zero attached hydrogens (tertiary/aromatic N) is 2. The fourth-order valence-corrected chi connectivity index (χ4v) is 3.03. The average molecular weight is 332 g/mol. The third kappa shape index (κ3) is 3.12. The molecule has 0 saturated heterocycles. The van der Waals surface area contributed by atoms with Crippen LogP contribution in [0.2, 0.25) is 0 Å². The highest BCUT2D eigenvalue weighted by Gasteiger charge is 2.40. The lowest BCUT2D eigenvalue weighted by molar-refractivity contribution is -0.140. The Kier molecular flexibility index (Phi) is 5.15. The summed E-state index contributed by atoms with van der Waals surface area (Å²) >= 11 is 5.43. The predicted molar refractivity (Wildman–Crippen MR) is 91.4 cm³/mol. The van der Waals surface area contributed by atoms with E-state index in [2.05, 4.69) is 0 Å². The van der Waals surface area contributed by atoms with E-state index in [0.717, 1.165) is 5.56 Å². The number of hydrogen-bond donors (Lipinski definition) is 0. The number of thiocarbonyl (C=S) groups is 1. The zero-order valence-electron chi connectivity index (χ0n) is 13.7. The molecular formula is C17H20N2O3S. The van der Waals surface area contributed by atoms with Gasteiger partial charge in [-0.2, -0.15) is 0 Å². The van der Waals surface area contributed by atoms with Crippen molar-refractivity contribution in [1.82, 2.24) is 9.80 Å². The Bertz CT molecular complexity index is 670. The number of rotatable bonds is 3. The third-order valence-corrected chi connectivity index (χ3v) is 4.34. The molecule has 0 N–H and O–H groups in total. The van der Waals surface area contributed by atoms with Crippen LogP contribution >= 0.6 is 12.2 Å². The molecule has 0 aliphatic carbocycles. The molecule has 1 aliphatic heterocycles. The van der Waals surface area contributed by atoms with E-state index < -0.39 is 12.0 Å². The lowest BCUT2D eigenvalue weighted by atomic mass is 9.93. The van der Waals surface area contributed by atoms with Gasteiger partial charge in [-0.25, -0.2) is 4.79 Å². The molecule has 1 aromatic rings. The molecule has 0 unspecified atom stereocenters. The molecule has 2 rings (SSSR count). The van der Waals surface area contributed by atoms with Crippen LogP contribution in [0.4, 0.5) is 0 Å². The molecule has 1 heterocycles. The quantitative estimate of drug-likeness (QED) is 0.629. The fraction of sp³-hybridized carbons (Fsp3) is 0.353. The van der Waals surface area contributed by atoms with E-state index >= 15 is 0 Å². The average Bonchev–Trinajstić information content (AvgIpc) is 2.52. The highest BCUT2D eigenvalue weighted by Crippen LogP contribution is 2.37. The Hall–Kier alpha value is -2.21. The molecule has 0 radical (unpaired) electrons. The summed E-state index contributed by atoms with van der Waals surface area (Å²) in [6.07, 6.45) is 0. The van der Waals surface area contributed by atoms with Crippen LogP contribution in [-0.4, -0.2) is 40.4 Å². The van der Waals surface area contributed by atoms with E-state index in [-0.39, 0.29) is 12.5 Å². The molecule has 0 spiro atoms. The SMILES string of the molecule is CCOC(=O)C1=C(C)N(C)C(=S)N(C(C)=O)[C@@H]1c1ccccc1. The minimum absolute atomic E-state index is 0.218. The van der Waals surface area contributed by atoms with Crippen molar-refractivity contribution in [1.29, 1.82) is 0 Å². The largest absolute Gasteiger partial charge is 0.463 e. The molecule has 6 heteroatoms. The first-order chi connectivity index (χ1) is 10.9. The van der Waals surface area contributed by atoms with Crippen molar-refractivity contribution >= 4 is 29.2 Å². The van der Waals surface area contributed by atoms with Crippen LogP contribution in [0.5, 0.6) is 0 Å². The van der Waals surface area contributed by atoms with Crippen molar-refractivity contribution in [2.45, 2.75) is 26.8 Å². The maximum atomic E-state index is 12.5. The molecule has 1 aromatic carbocycles. The topological polar surface area (TPSA) is 49.9 Å². The maximum absolute atomic E-state index is 12.5. The first kappa shape index (κ1) is 17.1. The van der Waals surface area contributed by atoms with Crippen molar-refractivity contribution in [3.05, 3.63) is 47.2 Å². The van der Waals surface area contributed by atoms with E-state index in [0.29, 0.717) is 16.4 Å². The zero-order valence-corrected chi connectivity index (χ0v) is 14.5. The second kappa shape index (κ2) is 6.91. The van der Waals surface area contributed by atoms with E-state index in [4.69, 9.17) is 17.0 Å². The summed E-state index contributed by atoms with van der Waals surface area (Å²) in [5.74, 6) is -0.649. The molecule has 1 atom stereocenters. The second-order valence-corrected chi connectivity index (χ2v) is 5.63. The second-order valence-electron chi connectivity index (χ2n) is 5.26. The summed E-state index contributed by atoms with van der Waals surface area (Å²) in [6, 6.07) is 8.80. The van der Waals surface area contributed by atoms with Crippen LogP contribution in [0.3, 0.4) is 0 Å². The van der Waals surface area contributed by atoms with E-state index in [9.17, 15) is 9.59 Å². The molecule has 0 fully saturated rings. The molecule has 5 nitrogen and oxygen atoms in total. The molecule has 1 amide bonds. The number of carbonyl (C=O) groups excluding carboxylic acids is 2. The van der Waals surface area contributed by atoms with Crippen molar-refractivity contribution in [3.63, 3.8) is 0 Å². The van der Waals surface area contributed by atoms with Crippen LogP contribution in [-0.2, 0) is 14.3 Å². The van der Waals surface area contributed by atoms with Gasteiger partial charge >= 0.3 is 5.97 Å². The fourth-order valence-electron chi connectivity index (χ4n) is 2.66. The number of hydrogen-bond acceptors (Lipinski definition) is 4. The van der Waals surface area contributed by atoms with Crippen LogP contribution in [0.1, 0.15) is 32.4 Å². The number of esters is 1. The number of ether oxygens (including phenoxy) is 1. The van der Waals surface area contributed by atoms with Gasteiger partial charge in [0.2, 0.25) is 5.91 Å². The lowest BCUT2D eigenvalue weighted by Gasteiger charge is -2.42. The van der Waals surface area contributed by atoms with Crippen LogP contribution in [0.25, 0.3) is 0 Å². The van der Waals surface area contributed by atoms with Gasteiger partial charge in [0.1, 0.15) is 0 Å². The summed E-state index contributed by atoms with van der Waals surface area (Å²) in [5.41, 5.74) is 1.95. The minimum Gasteiger partial charge on any atom is -0.463 e. The molecular weight excluding hydrogens is 312 g/mol. The lowest BCUT2D eigenvalue weighted by Crippen LogP contribution is -2.51. The molecule has 0 aromatic heterocycles. The monoisotopic (exact) mass is 332 g/mol. The van der Waals surface area contributed by atoms with Gasteiger partial charge in [-0.3, -0.25) is 9.69 Å².